The smallest absolute Gasteiger partial charge is 0.107 e. The minimum Gasteiger partial charge on any atom is -0.369 e. The quantitative estimate of drug-likeness (QED) is 0.760. The van der Waals surface area contributed by atoms with Crippen molar-refractivity contribution < 1.29 is 0 Å². The third-order valence-electron chi connectivity index (χ3n) is 3.81. The van der Waals surface area contributed by atoms with Gasteiger partial charge in [-0.2, -0.15) is 0 Å². The maximum absolute atomic E-state index is 3.38. The molecule has 1 nitrogen and oxygen atoms in total. The number of rotatable bonds is 3. The Balaban J connectivity index is 2.94. The van der Waals surface area contributed by atoms with E-state index < -0.39 is 16.9 Å². The summed E-state index contributed by atoms with van der Waals surface area (Å²) in [5.74, 6) is 0. The van der Waals surface area contributed by atoms with E-state index in [1.54, 1.807) is 0 Å². The van der Waals surface area contributed by atoms with Gasteiger partial charge in [0.05, 0.1) is 0 Å². The molecule has 0 bridgehead atoms. The third kappa shape index (κ3) is 2.03. The Kier molecular flexibility index (Phi) is 3.12. The van der Waals surface area contributed by atoms with E-state index in [-0.39, 0.29) is 0 Å². The number of hydrogen-bond acceptors (Lipinski definition) is 0. The molecule has 1 aromatic heterocycles. The summed E-state index contributed by atoms with van der Waals surface area (Å²) in [6.07, 6.45) is 2.05. The number of nitrogens with one attached hydrogen (secondary N) is 1. The van der Waals surface area contributed by atoms with Gasteiger partial charge >= 0.3 is 0 Å². The van der Waals surface area contributed by atoms with Crippen molar-refractivity contribution >= 4 is 22.2 Å². The van der Waals surface area contributed by atoms with E-state index in [4.69, 9.17) is 0 Å². The molecule has 14 heavy (non-hydrogen) atoms. The van der Waals surface area contributed by atoms with Gasteiger partial charge in [0.15, 0.2) is 0 Å². The second-order valence-electron chi connectivity index (χ2n) is 5.58. The van der Waals surface area contributed by atoms with Gasteiger partial charge in [-0.1, -0.05) is 40.0 Å². The van der Waals surface area contributed by atoms with E-state index in [2.05, 4.69) is 57.2 Å². The van der Waals surface area contributed by atoms with Crippen LogP contribution in [0.15, 0.2) is 18.3 Å². The Morgan fingerprint density at radius 1 is 1.29 bits per heavy atom. The Morgan fingerprint density at radius 2 is 1.86 bits per heavy atom. The minimum atomic E-state index is -1.08. The van der Waals surface area contributed by atoms with E-state index >= 15 is 0 Å². The van der Waals surface area contributed by atoms with Crippen molar-refractivity contribution in [3.8, 4) is 0 Å². The summed E-state index contributed by atoms with van der Waals surface area (Å²) < 4.78 is 0.530. The van der Waals surface area contributed by atoms with Crippen molar-refractivity contribution in [3.63, 3.8) is 0 Å². The molecule has 0 aromatic carbocycles. The van der Waals surface area contributed by atoms with E-state index in [0.29, 0.717) is 4.66 Å². The molecule has 79 valence electrons. The van der Waals surface area contributed by atoms with Crippen LogP contribution in [0.25, 0.3) is 0 Å². The molecule has 0 aliphatic heterocycles. The summed E-state index contributed by atoms with van der Waals surface area (Å²) in [6.45, 7) is 14.8. The molecule has 1 heterocycles. The highest BCUT2D eigenvalue weighted by molar-refractivity contribution is 6.95. The molecule has 0 amide bonds. The summed E-state index contributed by atoms with van der Waals surface area (Å²) >= 11 is 0. The zero-order valence-electron chi connectivity index (χ0n) is 10.2. The van der Waals surface area contributed by atoms with Crippen LogP contribution >= 0.6 is 0 Å². The monoisotopic (exact) mass is 224 g/mol. The topological polar surface area (TPSA) is 15.8 Å². The molecule has 1 aromatic rings. The van der Waals surface area contributed by atoms with E-state index in [9.17, 15) is 0 Å². The van der Waals surface area contributed by atoms with Gasteiger partial charge < -0.3 is 4.98 Å². The first-order chi connectivity index (χ1) is 6.27. The SMILES string of the molecule is C[Si](c1ccc[nH]1)C(C)(C)[Si](C)(C)C. The Morgan fingerprint density at radius 3 is 2.21 bits per heavy atom. The highest BCUT2D eigenvalue weighted by atomic mass is 28.4. The lowest BCUT2D eigenvalue weighted by atomic mass is 10.5. The van der Waals surface area contributed by atoms with E-state index in [1.165, 1.54) is 5.32 Å². The normalized spacial score (nSPS) is 13.6. The van der Waals surface area contributed by atoms with Crippen LogP contribution in [0.2, 0.25) is 30.8 Å². The van der Waals surface area contributed by atoms with Gasteiger partial charge in [-0.25, -0.2) is 0 Å². The van der Waals surface area contributed by atoms with Crippen molar-refractivity contribution in [2.75, 3.05) is 0 Å². The van der Waals surface area contributed by atoms with Crippen molar-refractivity contribution in [2.24, 2.45) is 0 Å². The third-order valence-corrected chi connectivity index (χ3v) is 13.9. The molecule has 1 radical (unpaired) electrons. The molecule has 0 saturated heterocycles. The second-order valence-corrected chi connectivity index (χ2v) is 14.9. The van der Waals surface area contributed by atoms with Gasteiger partial charge in [-0.15, -0.1) is 0 Å². The van der Waals surface area contributed by atoms with Crippen LogP contribution in [-0.4, -0.2) is 21.9 Å². The van der Waals surface area contributed by atoms with Gasteiger partial charge in [0, 0.05) is 14.3 Å². The molecule has 1 N–H and O–H groups in total. The molecule has 1 rings (SSSR count). The lowest BCUT2D eigenvalue weighted by molar-refractivity contribution is 0.887. The average molecular weight is 224 g/mol. The van der Waals surface area contributed by atoms with Gasteiger partial charge in [-0.05, 0) is 22.1 Å². The molecule has 0 unspecified atom stereocenters. The summed E-state index contributed by atoms with van der Waals surface area (Å²) in [6, 6.07) is 4.36. The van der Waals surface area contributed by atoms with Crippen LogP contribution in [-0.2, 0) is 0 Å². The van der Waals surface area contributed by atoms with Crippen LogP contribution in [0, 0.1) is 0 Å². The number of hydrogen-bond donors (Lipinski definition) is 1. The fourth-order valence-electron chi connectivity index (χ4n) is 1.46. The first-order valence-corrected chi connectivity index (χ1v) is 10.7. The molecule has 0 spiro atoms. The van der Waals surface area contributed by atoms with Gasteiger partial charge in [0.25, 0.3) is 0 Å². The first-order valence-electron chi connectivity index (χ1n) is 5.24. The molecule has 0 atom stereocenters. The highest BCUT2D eigenvalue weighted by Crippen LogP contribution is 2.38. The van der Waals surface area contributed by atoms with Crippen LogP contribution in [0.4, 0.5) is 0 Å². The van der Waals surface area contributed by atoms with Gasteiger partial charge in [-0.3, -0.25) is 0 Å². The standard InChI is InChI=1S/C11H22NSi2/c1-11(2,14(4,5)6)13(3)10-8-7-9-12-10/h7-9,12H,1-6H3. The molecule has 0 aliphatic rings. The fourth-order valence-corrected chi connectivity index (χ4v) is 7.69. The molecule has 0 saturated carbocycles. The van der Waals surface area contributed by atoms with Crippen LogP contribution in [0.5, 0.6) is 0 Å². The maximum Gasteiger partial charge on any atom is 0.107 e. The van der Waals surface area contributed by atoms with Gasteiger partial charge in [0.2, 0.25) is 0 Å². The van der Waals surface area contributed by atoms with E-state index in [1.807, 2.05) is 6.20 Å². The van der Waals surface area contributed by atoms with Gasteiger partial charge in [0.1, 0.15) is 8.80 Å². The van der Waals surface area contributed by atoms with E-state index in [0.717, 1.165) is 0 Å². The summed E-state index contributed by atoms with van der Waals surface area (Å²) in [5.41, 5.74) is 0. The first kappa shape index (κ1) is 11.8. The van der Waals surface area contributed by atoms with Crippen molar-refractivity contribution in [2.45, 2.75) is 44.7 Å². The minimum absolute atomic E-state index is 0.452. The maximum atomic E-state index is 3.38. The van der Waals surface area contributed by atoms with Crippen molar-refractivity contribution in [1.29, 1.82) is 0 Å². The fraction of sp³-hybridized carbons (Fsp3) is 0.636. The zero-order valence-corrected chi connectivity index (χ0v) is 12.2. The van der Waals surface area contributed by atoms with Crippen LogP contribution in [0.3, 0.4) is 0 Å². The Hall–Kier alpha value is -0.286. The summed E-state index contributed by atoms with van der Waals surface area (Å²) in [5, 5.41) is 1.47. The predicted molar refractivity (Wildman–Crippen MR) is 69.4 cm³/mol. The molecular formula is C11H22NSi2. The average Bonchev–Trinajstić information content (AvgIpc) is 2.52. The summed E-state index contributed by atoms with van der Waals surface area (Å²) in [7, 11) is -1.53. The van der Waals surface area contributed by atoms with Crippen LogP contribution in [0.1, 0.15) is 13.8 Å². The van der Waals surface area contributed by atoms with Crippen LogP contribution < -0.4 is 5.32 Å². The number of aromatic nitrogens is 1. The molecular weight excluding hydrogens is 202 g/mol. The number of H-pyrrole nitrogens is 1. The highest BCUT2D eigenvalue weighted by Gasteiger charge is 2.41. The molecule has 3 heteroatoms. The predicted octanol–water partition coefficient (Wildman–Crippen LogP) is 3.00. The van der Waals surface area contributed by atoms with Crippen molar-refractivity contribution in [1.82, 2.24) is 4.98 Å². The largest absolute Gasteiger partial charge is 0.369 e. The molecule has 0 aliphatic carbocycles. The molecule has 0 fully saturated rings. The lowest BCUT2D eigenvalue weighted by Crippen LogP contribution is -2.50. The Bertz CT molecular complexity index is 283. The van der Waals surface area contributed by atoms with Crippen molar-refractivity contribution in [3.05, 3.63) is 18.3 Å². The zero-order chi connectivity index (χ0) is 11.0. The number of aromatic amines is 1. The lowest BCUT2D eigenvalue weighted by Gasteiger charge is -2.41. The Labute approximate surface area is 90.6 Å². The second kappa shape index (κ2) is 3.70. The summed E-state index contributed by atoms with van der Waals surface area (Å²) in [4.78, 5) is 3.38.